The summed E-state index contributed by atoms with van der Waals surface area (Å²) in [6.45, 7) is 0.623. The normalized spacial score (nSPS) is 10.5. The maximum atomic E-state index is 12.1. The summed E-state index contributed by atoms with van der Waals surface area (Å²) in [4.78, 5) is 25.9. The van der Waals surface area contributed by atoms with Crippen LogP contribution >= 0.6 is 11.6 Å². The van der Waals surface area contributed by atoms with Gasteiger partial charge in [-0.15, -0.1) is 0 Å². The number of nitrogens with zero attached hydrogens (tertiary/aromatic N) is 1. The SMILES string of the molecule is COc1ccccc1NC(=O)CCN(C)CC(=O)Nc1cccc(Cl)c1. The van der Waals surface area contributed by atoms with E-state index >= 15 is 0 Å². The van der Waals surface area contributed by atoms with Gasteiger partial charge in [-0.05, 0) is 37.4 Å². The number of carbonyl (C=O) groups excluding carboxylic acids is 2. The fourth-order valence-corrected chi connectivity index (χ4v) is 2.53. The summed E-state index contributed by atoms with van der Waals surface area (Å²) in [5.41, 5.74) is 1.27. The van der Waals surface area contributed by atoms with E-state index in [0.717, 1.165) is 0 Å². The molecule has 6 nitrogen and oxygen atoms in total. The first-order chi connectivity index (χ1) is 12.5. The molecular formula is C19H22ClN3O3. The maximum Gasteiger partial charge on any atom is 0.238 e. The Morgan fingerprint density at radius 1 is 1.08 bits per heavy atom. The number of methoxy groups -OCH3 is 1. The standard InChI is InChI=1S/C19H22ClN3O3/c1-23(13-19(25)21-15-7-5-6-14(20)12-15)11-10-18(24)22-16-8-3-4-9-17(16)26-2/h3-9,12H,10-11,13H2,1-2H3,(H,21,25)(H,22,24). The summed E-state index contributed by atoms with van der Waals surface area (Å²) in [5.74, 6) is 0.298. The van der Waals surface area contributed by atoms with Crippen LogP contribution in [0.5, 0.6) is 5.75 Å². The molecular weight excluding hydrogens is 354 g/mol. The number of hydrogen-bond donors (Lipinski definition) is 2. The highest BCUT2D eigenvalue weighted by molar-refractivity contribution is 6.30. The molecule has 2 amide bonds. The molecule has 0 radical (unpaired) electrons. The molecule has 0 saturated heterocycles. The van der Waals surface area contributed by atoms with Crippen molar-refractivity contribution in [1.82, 2.24) is 4.90 Å². The lowest BCUT2D eigenvalue weighted by atomic mass is 10.2. The summed E-state index contributed by atoms with van der Waals surface area (Å²) in [7, 11) is 3.34. The molecule has 0 aliphatic rings. The zero-order valence-electron chi connectivity index (χ0n) is 14.8. The fraction of sp³-hybridized carbons (Fsp3) is 0.263. The van der Waals surface area contributed by atoms with E-state index in [0.29, 0.717) is 28.7 Å². The van der Waals surface area contributed by atoms with Crippen molar-refractivity contribution in [1.29, 1.82) is 0 Å². The second kappa shape index (κ2) is 9.79. The van der Waals surface area contributed by atoms with E-state index in [9.17, 15) is 9.59 Å². The Morgan fingerprint density at radius 2 is 1.85 bits per heavy atom. The van der Waals surface area contributed by atoms with Crippen LogP contribution in [0.1, 0.15) is 6.42 Å². The smallest absolute Gasteiger partial charge is 0.238 e. The molecule has 0 aliphatic carbocycles. The maximum absolute atomic E-state index is 12.1. The molecule has 0 unspecified atom stereocenters. The molecule has 0 spiro atoms. The largest absolute Gasteiger partial charge is 0.495 e. The van der Waals surface area contributed by atoms with Crippen LogP contribution in [0.15, 0.2) is 48.5 Å². The van der Waals surface area contributed by atoms with Crippen molar-refractivity contribution in [2.24, 2.45) is 0 Å². The third-order valence-corrected chi connectivity index (χ3v) is 3.86. The molecule has 2 N–H and O–H groups in total. The Kier molecular flexibility index (Phi) is 7.44. The van der Waals surface area contributed by atoms with Gasteiger partial charge in [-0.1, -0.05) is 29.8 Å². The Labute approximate surface area is 158 Å². The molecule has 2 aromatic carbocycles. The van der Waals surface area contributed by atoms with E-state index in [2.05, 4.69) is 10.6 Å². The average molecular weight is 376 g/mol. The zero-order chi connectivity index (χ0) is 18.9. The molecule has 7 heteroatoms. The highest BCUT2D eigenvalue weighted by Gasteiger charge is 2.11. The van der Waals surface area contributed by atoms with Gasteiger partial charge in [0.1, 0.15) is 5.75 Å². The fourth-order valence-electron chi connectivity index (χ4n) is 2.34. The van der Waals surface area contributed by atoms with Crippen LogP contribution in [0.3, 0.4) is 0 Å². The molecule has 0 aromatic heterocycles. The Balaban J connectivity index is 1.76. The van der Waals surface area contributed by atoms with Crippen LogP contribution in [0.4, 0.5) is 11.4 Å². The van der Waals surface area contributed by atoms with Crippen molar-refractivity contribution >= 4 is 34.8 Å². The third kappa shape index (κ3) is 6.38. The van der Waals surface area contributed by atoms with Gasteiger partial charge in [0.15, 0.2) is 0 Å². The number of hydrogen-bond acceptors (Lipinski definition) is 4. The number of likely N-dealkylation sites (N-methyl/N-ethyl adjacent to an activating group) is 1. The van der Waals surface area contributed by atoms with E-state index in [1.807, 2.05) is 12.1 Å². The van der Waals surface area contributed by atoms with Crippen LogP contribution in [0.2, 0.25) is 5.02 Å². The van der Waals surface area contributed by atoms with E-state index in [1.54, 1.807) is 55.5 Å². The molecule has 0 bridgehead atoms. The van der Waals surface area contributed by atoms with Gasteiger partial charge in [0.05, 0.1) is 19.3 Å². The Morgan fingerprint density at radius 3 is 2.58 bits per heavy atom. The summed E-state index contributed by atoms with van der Waals surface area (Å²) < 4.78 is 5.20. The number of nitrogens with one attached hydrogen (secondary N) is 2. The van der Waals surface area contributed by atoms with E-state index in [-0.39, 0.29) is 24.8 Å². The van der Waals surface area contributed by atoms with Crippen molar-refractivity contribution in [3.05, 3.63) is 53.6 Å². The first-order valence-electron chi connectivity index (χ1n) is 8.15. The zero-order valence-corrected chi connectivity index (χ0v) is 15.5. The molecule has 0 aliphatic heterocycles. The Hall–Kier alpha value is -2.57. The molecule has 0 atom stereocenters. The van der Waals surface area contributed by atoms with Crippen molar-refractivity contribution in [3.8, 4) is 5.75 Å². The molecule has 2 rings (SSSR count). The predicted octanol–water partition coefficient (Wildman–Crippen LogP) is 3.25. The van der Waals surface area contributed by atoms with Gasteiger partial charge >= 0.3 is 0 Å². The summed E-state index contributed by atoms with van der Waals surface area (Å²) in [6.07, 6.45) is 0.263. The topological polar surface area (TPSA) is 70.7 Å². The number of amides is 2. The number of benzene rings is 2. The number of halogens is 1. The molecule has 138 valence electrons. The summed E-state index contributed by atoms with van der Waals surface area (Å²) in [6, 6.07) is 14.2. The second-order valence-electron chi connectivity index (χ2n) is 5.79. The lowest BCUT2D eigenvalue weighted by molar-refractivity contribution is -0.119. The van der Waals surface area contributed by atoms with Crippen molar-refractivity contribution < 1.29 is 14.3 Å². The number of rotatable bonds is 8. The molecule has 0 heterocycles. The van der Waals surface area contributed by atoms with Crippen LogP contribution in [0.25, 0.3) is 0 Å². The monoisotopic (exact) mass is 375 g/mol. The minimum atomic E-state index is -0.167. The van der Waals surface area contributed by atoms with Gasteiger partial charge in [0.2, 0.25) is 11.8 Å². The molecule has 0 saturated carbocycles. The third-order valence-electron chi connectivity index (χ3n) is 3.62. The number of anilines is 2. The molecule has 2 aromatic rings. The first-order valence-corrected chi connectivity index (χ1v) is 8.52. The molecule has 26 heavy (non-hydrogen) atoms. The number of ether oxygens (including phenoxy) is 1. The van der Waals surface area contributed by atoms with Crippen LogP contribution < -0.4 is 15.4 Å². The predicted molar refractivity (Wildman–Crippen MR) is 104 cm³/mol. The number of carbonyl (C=O) groups is 2. The summed E-state index contributed by atoms with van der Waals surface area (Å²) >= 11 is 5.89. The van der Waals surface area contributed by atoms with Crippen LogP contribution in [-0.4, -0.2) is 44.0 Å². The quantitative estimate of drug-likeness (QED) is 0.743. The van der Waals surface area contributed by atoms with Gasteiger partial charge in [-0.2, -0.15) is 0 Å². The lowest BCUT2D eigenvalue weighted by Crippen LogP contribution is -2.32. The minimum absolute atomic E-state index is 0.142. The highest BCUT2D eigenvalue weighted by atomic mass is 35.5. The van der Waals surface area contributed by atoms with Crippen LogP contribution in [0, 0.1) is 0 Å². The van der Waals surface area contributed by atoms with E-state index < -0.39 is 0 Å². The Bertz CT molecular complexity index is 767. The average Bonchev–Trinajstić information content (AvgIpc) is 2.60. The minimum Gasteiger partial charge on any atom is -0.495 e. The molecule has 0 fully saturated rings. The van der Waals surface area contributed by atoms with Gasteiger partial charge in [0.25, 0.3) is 0 Å². The second-order valence-corrected chi connectivity index (χ2v) is 6.23. The van der Waals surface area contributed by atoms with Crippen molar-refractivity contribution in [2.45, 2.75) is 6.42 Å². The van der Waals surface area contributed by atoms with Gasteiger partial charge < -0.3 is 15.4 Å². The van der Waals surface area contributed by atoms with E-state index in [4.69, 9.17) is 16.3 Å². The van der Waals surface area contributed by atoms with Gasteiger partial charge in [-0.3, -0.25) is 14.5 Å². The lowest BCUT2D eigenvalue weighted by Gasteiger charge is -2.16. The summed E-state index contributed by atoms with van der Waals surface area (Å²) in [5, 5.41) is 6.14. The first kappa shape index (κ1) is 19.8. The van der Waals surface area contributed by atoms with Gasteiger partial charge in [0, 0.05) is 23.7 Å². The van der Waals surface area contributed by atoms with E-state index in [1.165, 1.54) is 0 Å². The van der Waals surface area contributed by atoms with Crippen LogP contribution in [-0.2, 0) is 9.59 Å². The number of para-hydroxylation sites is 2. The van der Waals surface area contributed by atoms with Crippen molar-refractivity contribution in [2.75, 3.05) is 37.9 Å². The van der Waals surface area contributed by atoms with Gasteiger partial charge in [-0.25, -0.2) is 0 Å². The van der Waals surface area contributed by atoms with Crippen molar-refractivity contribution in [3.63, 3.8) is 0 Å². The highest BCUT2D eigenvalue weighted by Crippen LogP contribution is 2.23.